The van der Waals surface area contributed by atoms with E-state index in [9.17, 15) is 18.3 Å². The second kappa shape index (κ2) is 8.71. The number of carboxylic acid groups (broad SMARTS) is 1. The zero-order valence-corrected chi connectivity index (χ0v) is 16.9. The fourth-order valence-corrected chi connectivity index (χ4v) is 5.47. The summed E-state index contributed by atoms with van der Waals surface area (Å²) in [5.41, 5.74) is 1.71. The summed E-state index contributed by atoms with van der Waals surface area (Å²) in [6.45, 7) is 5.71. The van der Waals surface area contributed by atoms with Crippen LogP contribution in [0.1, 0.15) is 60.5 Å². The maximum absolute atomic E-state index is 12.9. The van der Waals surface area contributed by atoms with Crippen LogP contribution in [0.2, 0.25) is 0 Å². The molecule has 6 nitrogen and oxygen atoms in total. The van der Waals surface area contributed by atoms with Crippen molar-refractivity contribution < 1.29 is 18.3 Å². The third-order valence-electron chi connectivity index (χ3n) is 5.78. The molecule has 27 heavy (non-hydrogen) atoms. The highest BCUT2D eigenvalue weighted by Gasteiger charge is 2.25. The minimum atomic E-state index is -3.70. The van der Waals surface area contributed by atoms with Crippen LogP contribution in [0.15, 0.2) is 17.0 Å². The molecule has 0 unspecified atom stereocenters. The first-order valence-electron chi connectivity index (χ1n) is 9.98. The maximum Gasteiger partial charge on any atom is 0.335 e. The molecule has 0 bridgehead atoms. The Hall–Kier alpha value is -1.44. The number of benzene rings is 1. The Labute approximate surface area is 162 Å². The molecular weight excluding hydrogens is 364 g/mol. The van der Waals surface area contributed by atoms with Gasteiger partial charge in [0.15, 0.2) is 0 Å². The van der Waals surface area contributed by atoms with Gasteiger partial charge in [-0.2, -0.15) is 0 Å². The van der Waals surface area contributed by atoms with Crippen LogP contribution in [-0.2, 0) is 22.9 Å². The Morgan fingerprint density at radius 2 is 1.93 bits per heavy atom. The van der Waals surface area contributed by atoms with Gasteiger partial charge in [0, 0.05) is 6.54 Å². The van der Waals surface area contributed by atoms with Gasteiger partial charge in [-0.15, -0.1) is 0 Å². The average Bonchev–Trinajstić information content (AvgIpc) is 2.65. The van der Waals surface area contributed by atoms with Crippen LogP contribution in [-0.4, -0.2) is 50.6 Å². The molecule has 3 rings (SSSR count). The fraction of sp³-hybridized carbons (Fsp3) is 0.650. The first kappa shape index (κ1) is 20.3. The molecule has 1 aliphatic carbocycles. The first-order valence-corrected chi connectivity index (χ1v) is 11.5. The van der Waals surface area contributed by atoms with Crippen molar-refractivity contribution in [1.29, 1.82) is 0 Å². The Kier molecular flexibility index (Phi) is 6.55. The molecule has 2 N–H and O–H groups in total. The topological polar surface area (TPSA) is 86.7 Å². The van der Waals surface area contributed by atoms with E-state index in [1.54, 1.807) is 6.07 Å². The quantitative estimate of drug-likeness (QED) is 0.695. The number of aromatic carboxylic acids is 1. The van der Waals surface area contributed by atoms with E-state index in [0.717, 1.165) is 62.4 Å². The molecule has 1 aromatic rings. The van der Waals surface area contributed by atoms with Crippen molar-refractivity contribution in [1.82, 2.24) is 9.62 Å². The van der Waals surface area contributed by atoms with Crippen molar-refractivity contribution in [3.63, 3.8) is 0 Å². The minimum Gasteiger partial charge on any atom is -0.478 e. The number of nitrogens with zero attached hydrogens (tertiary/aromatic N) is 1. The lowest BCUT2D eigenvalue weighted by atomic mass is 9.90. The first-order chi connectivity index (χ1) is 12.9. The largest absolute Gasteiger partial charge is 0.478 e. The predicted molar refractivity (Wildman–Crippen MR) is 105 cm³/mol. The van der Waals surface area contributed by atoms with Gasteiger partial charge >= 0.3 is 5.97 Å². The average molecular weight is 395 g/mol. The van der Waals surface area contributed by atoms with Crippen LogP contribution in [0.3, 0.4) is 0 Å². The number of carbonyl (C=O) groups is 1. The molecule has 0 spiro atoms. The van der Waals surface area contributed by atoms with E-state index < -0.39 is 16.0 Å². The van der Waals surface area contributed by atoms with Crippen molar-refractivity contribution in [2.24, 2.45) is 5.92 Å². The standard InChI is InChI=1S/C20H30N2O4S/c1-15-7-11-22(12-8-15)10-4-9-21-27(25,26)19-14-17(20(23)24)13-16-5-2-3-6-18(16)19/h13-15,21H,2-12H2,1H3,(H,23,24). The highest BCUT2D eigenvalue weighted by molar-refractivity contribution is 7.89. The lowest BCUT2D eigenvalue weighted by Crippen LogP contribution is -2.35. The Bertz CT molecular complexity index is 783. The van der Waals surface area contributed by atoms with Crippen LogP contribution < -0.4 is 4.72 Å². The highest BCUT2D eigenvalue weighted by atomic mass is 32.2. The van der Waals surface area contributed by atoms with Crippen LogP contribution in [0.4, 0.5) is 0 Å². The van der Waals surface area contributed by atoms with E-state index in [4.69, 9.17) is 0 Å². The SMILES string of the molecule is CC1CCN(CCCNS(=O)(=O)c2cc(C(=O)O)cc3c2CCCC3)CC1. The van der Waals surface area contributed by atoms with E-state index in [1.807, 2.05) is 0 Å². The van der Waals surface area contributed by atoms with Gasteiger partial charge in [-0.3, -0.25) is 0 Å². The van der Waals surface area contributed by atoms with Gasteiger partial charge in [0.05, 0.1) is 10.5 Å². The summed E-state index contributed by atoms with van der Waals surface area (Å²) in [7, 11) is -3.70. The molecule has 1 aliphatic heterocycles. The lowest BCUT2D eigenvalue weighted by Gasteiger charge is -2.30. The lowest BCUT2D eigenvalue weighted by molar-refractivity contribution is 0.0696. The van der Waals surface area contributed by atoms with Crippen LogP contribution in [0.5, 0.6) is 0 Å². The van der Waals surface area contributed by atoms with Crippen molar-refractivity contribution in [3.05, 3.63) is 28.8 Å². The number of aryl methyl sites for hydroxylation is 1. The number of nitrogens with one attached hydrogen (secondary N) is 1. The van der Waals surface area contributed by atoms with E-state index in [0.29, 0.717) is 13.0 Å². The van der Waals surface area contributed by atoms with Crippen LogP contribution in [0, 0.1) is 5.92 Å². The van der Waals surface area contributed by atoms with Gasteiger partial charge in [0.1, 0.15) is 0 Å². The van der Waals surface area contributed by atoms with Crippen molar-refractivity contribution in [2.45, 2.75) is 56.8 Å². The van der Waals surface area contributed by atoms with E-state index >= 15 is 0 Å². The van der Waals surface area contributed by atoms with E-state index in [2.05, 4.69) is 16.5 Å². The zero-order chi connectivity index (χ0) is 19.4. The molecule has 7 heteroatoms. The molecule has 0 radical (unpaired) electrons. The van der Waals surface area contributed by atoms with Crippen molar-refractivity contribution in [2.75, 3.05) is 26.2 Å². The molecule has 0 atom stereocenters. The zero-order valence-electron chi connectivity index (χ0n) is 16.0. The third-order valence-corrected chi connectivity index (χ3v) is 7.31. The molecule has 150 valence electrons. The number of sulfonamides is 1. The highest BCUT2D eigenvalue weighted by Crippen LogP contribution is 2.29. The van der Waals surface area contributed by atoms with Crippen molar-refractivity contribution in [3.8, 4) is 0 Å². The number of hydrogen-bond acceptors (Lipinski definition) is 4. The van der Waals surface area contributed by atoms with E-state index in [1.165, 1.54) is 18.9 Å². The summed E-state index contributed by atoms with van der Waals surface area (Å²) < 4.78 is 28.4. The number of likely N-dealkylation sites (tertiary alicyclic amines) is 1. The normalized spacial score (nSPS) is 19.0. The van der Waals surface area contributed by atoms with Crippen LogP contribution >= 0.6 is 0 Å². The predicted octanol–water partition coefficient (Wildman–Crippen LogP) is 2.66. The molecule has 1 aromatic carbocycles. The molecule has 0 saturated carbocycles. The third kappa shape index (κ3) is 5.09. The summed E-state index contributed by atoms with van der Waals surface area (Å²) in [5, 5.41) is 9.33. The maximum atomic E-state index is 12.9. The summed E-state index contributed by atoms with van der Waals surface area (Å²) >= 11 is 0. The second-order valence-corrected chi connectivity index (χ2v) is 9.64. The van der Waals surface area contributed by atoms with Crippen molar-refractivity contribution >= 4 is 16.0 Å². The summed E-state index contributed by atoms with van der Waals surface area (Å²) in [6, 6.07) is 2.95. The summed E-state index contributed by atoms with van der Waals surface area (Å²) in [5.74, 6) is -0.299. The van der Waals surface area contributed by atoms with Gasteiger partial charge in [-0.25, -0.2) is 17.9 Å². The Morgan fingerprint density at radius 3 is 2.63 bits per heavy atom. The van der Waals surface area contributed by atoms with Gasteiger partial charge < -0.3 is 10.0 Å². The fourth-order valence-electron chi connectivity index (χ4n) is 4.06. The van der Waals surface area contributed by atoms with Crippen LogP contribution in [0.25, 0.3) is 0 Å². The number of carboxylic acids is 1. The monoisotopic (exact) mass is 394 g/mol. The molecular formula is C20H30N2O4S. The number of rotatable bonds is 7. The smallest absolute Gasteiger partial charge is 0.335 e. The summed E-state index contributed by atoms with van der Waals surface area (Å²) in [6.07, 6.45) is 6.52. The molecule has 1 heterocycles. The van der Waals surface area contributed by atoms with Gasteiger partial charge in [0.25, 0.3) is 0 Å². The van der Waals surface area contributed by atoms with Gasteiger partial charge in [-0.05, 0) is 93.8 Å². The number of hydrogen-bond donors (Lipinski definition) is 2. The van der Waals surface area contributed by atoms with Gasteiger partial charge in [-0.1, -0.05) is 6.92 Å². The van der Waals surface area contributed by atoms with Gasteiger partial charge in [0.2, 0.25) is 10.0 Å². The second-order valence-electron chi connectivity index (χ2n) is 7.90. The Morgan fingerprint density at radius 1 is 1.22 bits per heavy atom. The molecule has 0 amide bonds. The minimum absolute atomic E-state index is 0.0541. The van der Waals surface area contributed by atoms with E-state index in [-0.39, 0.29) is 10.5 Å². The summed E-state index contributed by atoms with van der Waals surface area (Å²) in [4.78, 5) is 14.0. The molecule has 2 aliphatic rings. The molecule has 1 fully saturated rings. The number of fused-ring (bicyclic) bond motifs is 1. The Balaban J connectivity index is 1.65. The number of piperidine rings is 1. The molecule has 1 saturated heterocycles. The molecule has 0 aromatic heterocycles.